The Labute approximate surface area is 164 Å². The van der Waals surface area contributed by atoms with Gasteiger partial charge in [-0.3, -0.25) is 9.59 Å². The number of aromatic nitrogens is 2. The second-order valence-electron chi connectivity index (χ2n) is 5.68. The molecule has 2 heterocycles. The van der Waals surface area contributed by atoms with Crippen molar-refractivity contribution in [3.8, 4) is 0 Å². The smallest absolute Gasteiger partial charge is 0.437 e. The summed E-state index contributed by atoms with van der Waals surface area (Å²) in [5, 5.41) is 14.0. The van der Waals surface area contributed by atoms with Crippen molar-refractivity contribution in [3.05, 3.63) is 34.0 Å². The van der Waals surface area contributed by atoms with E-state index in [1.54, 1.807) is 6.92 Å². The standard InChI is InChI=1S/C9H10F3NO3.C7H6F3NO3/c1-3-15-7(14)4-6-5(2)16-13-8(6)9(10,11)12;1-3-4(2-5(12)13)6(11-14-3)7(8,9)10/h3-4H2,1-2H3;2H2,1H3,(H,12,13). The van der Waals surface area contributed by atoms with Gasteiger partial charge in [0.2, 0.25) is 0 Å². The van der Waals surface area contributed by atoms with Crippen molar-refractivity contribution >= 4 is 11.9 Å². The molecule has 30 heavy (non-hydrogen) atoms. The van der Waals surface area contributed by atoms with E-state index in [4.69, 9.17) is 5.11 Å². The number of ether oxygens (including phenoxy) is 1. The van der Waals surface area contributed by atoms with Crippen LogP contribution in [0.1, 0.15) is 41.0 Å². The topological polar surface area (TPSA) is 116 Å². The molecule has 0 unspecified atom stereocenters. The highest BCUT2D eigenvalue weighted by Crippen LogP contribution is 2.33. The largest absolute Gasteiger partial charge is 0.481 e. The predicted octanol–water partition coefficient (Wildman–Crippen LogP) is 3.74. The number of aryl methyl sites for hydroxylation is 2. The third kappa shape index (κ3) is 6.77. The maximum atomic E-state index is 12.4. The fourth-order valence-electron chi connectivity index (χ4n) is 2.15. The number of halogens is 6. The summed E-state index contributed by atoms with van der Waals surface area (Å²) in [4.78, 5) is 21.3. The lowest BCUT2D eigenvalue weighted by Gasteiger charge is -2.05. The van der Waals surface area contributed by atoms with Crippen molar-refractivity contribution in [2.75, 3.05) is 6.61 Å². The van der Waals surface area contributed by atoms with Crippen molar-refractivity contribution in [1.29, 1.82) is 0 Å². The van der Waals surface area contributed by atoms with E-state index < -0.39 is 54.1 Å². The van der Waals surface area contributed by atoms with Crippen molar-refractivity contribution in [1.82, 2.24) is 10.3 Å². The van der Waals surface area contributed by atoms with Gasteiger partial charge in [-0.15, -0.1) is 0 Å². The molecule has 0 aromatic carbocycles. The Balaban J connectivity index is 0.000000303. The first-order valence-corrected chi connectivity index (χ1v) is 8.10. The van der Waals surface area contributed by atoms with Crippen LogP contribution in [0.2, 0.25) is 0 Å². The van der Waals surface area contributed by atoms with E-state index in [2.05, 4.69) is 24.1 Å². The van der Waals surface area contributed by atoms with E-state index in [0.717, 1.165) is 0 Å². The van der Waals surface area contributed by atoms with Crippen molar-refractivity contribution in [2.45, 2.75) is 46.0 Å². The van der Waals surface area contributed by atoms with Crippen LogP contribution in [-0.4, -0.2) is 34.0 Å². The SMILES string of the molecule is CCOC(=O)Cc1c(C(F)(F)F)noc1C.Cc1onc(C(F)(F)F)c1CC(=O)O. The molecule has 0 atom stereocenters. The number of alkyl halides is 6. The summed E-state index contributed by atoms with van der Waals surface area (Å²) in [7, 11) is 0. The van der Waals surface area contributed by atoms with Crippen LogP contribution in [0.25, 0.3) is 0 Å². The number of esters is 1. The molecule has 2 aromatic rings. The molecule has 0 aliphatic carbocycles. The fourth-order valence-corrected chi connectivity index (χ4v) is 2.15. The molecular formula is C16H16F6N2O6. The van der Waals surface area contributed by atoms with Crippen LogP contribution in [0, 0.1) is 13.8 Å². The Morgan fingerprint density at radius 3 is 1.63 bits per heavy atom. The van der Waals surface area contributed by atoms with Gasteiger partial charge in [-0.25, -0.2) is 0 Å². The zero-order valence-electron chi connectivity index (χ0n) is 15.8. The lowest BCUT2D eigenvalue weighted by Crippen LogP contribution is -2.14. The first-order valence-electron chi connectivity index (χ1n) is 8.10. The van der Waals surface area contributed by atoms with Gasteiger partial charge < -0.3 is 18.9 Å². The molecule has 2 rings (SSSR count). The number of rotatable bonds is 5. The highest BCUT2D eigenvalue weighted by atomic mass is 19.4. The van der Waals surface area contributed by atoms with E-state index >= 15 is 0 Å². The van der Waals surface area contributed by atoms with Gasteiger partial charge in [-0.05, 0) is 20.8 Å². The molecule has 0 radical (unpaired) electrons. The summed E-state index contributed by atoms with van der Waals surface area (Å²) in [6, 6.07) is 0. The Bertz CT molecular complexity index is 884. The van der Waals surface area contributed by atoms with Gasteiger partial charge in [0.15, 0.2) is 11.4 Å². The second kappa shape index (κ2) is 9.63. The number of aliphatic carboxylic acids is 1. The molecule has 168 valence electrons. The molecular weight excluding hydrogens is 430 g/mol. The summed E-state index contributed by atoms with van der Waals surface area (Å²) in [5.41, 5.74) is -3.13. The van der Waals surface area contributed by atoms with Crippen LogP contribution in [0.4, 0.5) is 26.3 Å². The normalized spacial score (nSPS) is 11.6. The minimum absolute atomic E-state index is 0.0274. The first-order chi connectivity index (χ1) is 13.7. The molecule has 8 nitrogen and oxygen atoms in total. The Hall–Kier alpha value is -3.06. The number of hydrogen-bond acceptors (Lipinski definition) is 7. The summed E-state index contributed by atoms with van der Waals surface area (Å²) in [6.45, 7) is 4.24. The third-order valence-electron chi connectivity index (χ3n) is 3.46. The average Bonchev–Trinajstić information content (AvgIpc) is 3.11. The van der Waals surface area contributed by atoms with Crippen molar-refractivity contribution in [3.63, 3.8) is 0 Å². The van der Waals surface area contributed by atoms with E-state index in [-0.39, 0.29) is 23.7 Å². The van der Waals surface area contributed by atoms with E-state index in [1.165, 1.54) is 13.8 Å². The zero-order valence-corrected chi connectivity index (χ0v) is 15.8. The van der Waals surface area contributed by atoms with Crippen LogP contribution in [0.15, 0.2) is 9.05 Å². The number of hydrogen-bond donors (Lipinski definition) is 1. The maximum absolute atomic E-state index is 12.4. The molecule has 0 spiro atoms. The van der Waals surface area contributed by atoms with E-state index in [1.807, 2.05) is 0 Å². The second-order valence-corrected chi connectivity index (χ2v) is 5.68. The summed E-state index contributed by atoms with van der Waals surface area (Å²) in [6.07, 6.45) is -10.5. The van der Waals surface area contributed by atoms with Gasteiger partial charge in [0, 0.05) is 11.1 Å². The van der Waals surface area contributed by atoms with Gasteiger partial charge in [-0.2, -0.15) is 26.3 Å². The van der Waals surface area contributed by atoms with E-state index in [9.17, 15) is 35.9 Å². The van der Waals surface area contributed by atoms with Gasteiger partial charge in [0.05, 0.1) is 19.4 Å². The molecule has 2 aromatic heterocycles. The fraction of sp³-hybridized carbons (Fsp3) is 0.500. The quantitative estimate of drug-likeness (QED) is 0.546. The number of carboxylic acids is 1. The molecule has 1 N–H and O–H groups in total. The predicted molar refractivity (Wildman–Crippen MR) is 84.2 cm³/mol. The molecule has 0 saturated heterocycles. The van der Waals surface area contributed by atoms with Gasteiger partial charge in [0.1, 0.15) is 11.5 Å². The monoisotopic (exact) mass is 446 g/mol. The minimum atomic E-state index is -4.68. The van der Waals surface area contributed by atoms with Crippen LogP contribution in [-0.2, 0) is 39.5 Å². The van der Waals surface area contributed by atoms with Crippen LogP contribution < -0.4 is 0 Å². The maximum Gasteiger partial charge on any atom is 0.437 e. The lowest BCUT2D eigenvalue weighted by atomic mass is 10.1. The first kappa shape index (κ1) is 25.0. The summed E-state index contributed by atoms with van der Waals surface area (Å²) >= 11 is 0. The Morgan fingerprint density at radius 1 is 0.900 bits per heavy atom. The number of carbonyl (C=O) groups excluding carboxylic acids is 1. The van der Waals surface area contributed by atoms with Crippen LogP contribution >= 0.6 is 0 Å². The summed E-state index contributed by atoms with van der Waals surface area (Å²) in [5.74, 6) is -2.25. The lowest BCUT2D eigenvalue weighted by molar-refractivity contribution is -0.146. The Morgan fingerprint density at radius 2 is 1.30 bits per heavy atom. The van der Waals surface area contributed by atoms with Crippen molar-refractivity contribution < 1.29 is 54.8 Å². The number of nitrogens with zero attached hydrogens (tertiary/aromatic N) is 2. The minimum Gasteiger partial charge on any atom is -0.481 e. The third-order valence-corrected chi connectivity index (χ3v) is 3.46. The van der Waals surface area contributed by atoms with E-state index in [0.29, 0.717) is 0 Å². The average molecular weight is 446 g/mol. The number of carbonyl (C=O) groups is 2. The summed E-state index contributed by atoms with van der Waals surface area (Å²) < 4.78 is 87.1. The molecule has 0 aliphatic heterocycles. The van der Waals surface area contributed by atoms with Crippen molar-refractivity contribution in [2.24, 2.45) is 0 Å². The molecule has 0 saturated carbocycles. The van der Waals surface area contributed by atoms with Gasteiger partial charge >= 0.3 is 24.3 Å². The molecule has 14 heteroatoms. The molecule has 0 amide bonds. The van der Waals surface area contributed by atoms with Gasteiger partial charge in [0.25, 0.3) is 0 Å². The van der Waals surface area contributed by atoms with Crippen LogP contribution in [0.5, 0.6) is 0 Å². The molecule has 0 bridgehead atoms. The highest BCUT2D eigenvalue weighted by molar-refractivity contribution is 5.73. The highest BCUT2D eigenvalue weighted by Gasteiger charge is 2.40. The molecule has 0 fully saturated rings. The number of carboxylic acid groups (broad SMARTS) is 1. The van der Waals surface area contributed by atoms with Crippen LogP contribution in [0.3, 0.4) is 0 Å². The zero-order chi connectivity index (χ0) is 23.3. The molecule has 0 aliphatic rings. The van der Waals surface area contributed by atoms with Gasteiger partial charge in [-0.1, -0.05) is 10.3 Å². The Kier molecular flexibility index (Phi) is 8.01.